The third-order valence-electron chi connectivity index (χ3n) is 5.69. The van der Waals surface area contributed by atoms with Gasteiger partial charge in [0.05, 0.1) is 6.10 Å². The molecule has 1 saturated carbocycles. The van der Waals surface area contributed by atoms with Gasteiger partial charge < -0.3 is 20.6 Å². The molecule has 1 aliphatic heterocycles. The molecule has 1 saturated heterocycles. The van der Waals surface area contributed by atoms with Crippen LogP contribution >= 0.6 is 24.0 Å². The maximum atomic E-state index is 9.56. The molecule has 0 bridgehead atoms. The summed E-state index contributed by atoms with van der Waals surface area (Å²) in [7, 11) is 0. The smallest absolute Gasteiger partial charge is 0.191 e. The number of nitrogens with zero attached hydrogens (tertiary/aromatic N) is 2. The lowest BCUT2D eigenvalue weighted by molar-refractivity contribution is 0.0824. The highest BCUT2D eigenvalue weighted by molar-refractivity contribution is 14.0. The second kappa shape index (κ2) is 14.0. The average Bonchev–Trinajstić information content (AvgIpc) is 2.60. The molecule has 1 aliphatic carbocycles. The molecule has 2 rings (SSSR count). The van der Waals surface area contributed by atoms with Gasteiger partial charge in [-0.1, -0.05) is 26.2 Å². The molecule has 2 atom stereocenters. The Kier molecular flexibility index (Phi) is 12.9. The number of rotatable bonds is 8. The van der Waals surface area contributed by atoms with Gasteiger partial charge in [-0.3, -0.25) is 4.99 Å². The Morgan fingerprint density at radius 1 is 1.15 bits per heavy atom. The minimum atomic E-state index is -0.0778. The Balaban J connectivity index is 0.00000338. The van der Waals surface area contributed by atoms with Gasteiger partial charge in [-0.05, 0) is 57.4 Å². The minimum Gasteiger partial charge on any atom is -0.393 e. The van der Waals surface area contributed by atoms with E-state index >= 15 is 0 Å². The van der Waals surface area contributed by atoms with Gasteiger partial charge in [-0.15, -0.1) is 24.0 Å². The van der Waals surface area contributed by atoms with Crippen molar-refractivity contribution < 1.29 is 5.11 Å². The van der Waals surface area contributed by atoms with Crippen molar-refractivity contribution in [3.8, 4) is 0 Å². The van der Waals surface area contributed by atoms with Crippen molar-refractivity contribution in [3.05, 3.63) is 0 Å². The number of hydrogen-bond acceptors (Lipinski definition) is 3. The molecule has 0 aromatic rings. The molecule has 3 N–H and O–H groups in total. The SMILES string of the molecule is CCNC(=NCCCN1CCC(O)CC1)NCCC1CCCC(C)C1.I. The fraction of sp³-hybridized carbons (Fsp3) is 0.950. The van der Waals surface area contributed by atoms with Crippen molar-refractivity contribution in [3.63, 3.8) is 0 Å². The zero-order valence-electron chi connectivity index (χ0n) is 16.9. The fourth-order valence-corrected chi connectivity index (χ4v) is 4.19. The third kappa shape index (κ3) is 9.74. The number of nitrogens with one attached hydrogen (secondary N) is 2. The molecule has 1 heterocycles. The average molecular weight is 480 g/mol. The van der Waals surface area contributed by atoms with Crippen LogP contribution in [0.1, 0.15) is 65.2 Å². The molecule has 154 valence electrons. The molecule has 0 aromatic heterocycles. The number of aliphatic hydroxyl groups excluding tert-OH is 1. The van der Waals surface area contributed by atoms with Gasteiger partial charge in [0.15, 0.2) is 5.96 Å². The Bertz CT molecular complexity index is 386. The monoisotopic (exact) mass is 480 g/mol. The number of aliphatic imine (C=N–C) groups is 1. The highest BCUT2D eigenvalue weighted by Gasteiger charge is 2.18. The number of piperidine rings is 1. The van der Waals surface area contributed by atoms with Crippen LogP contribution in [0.25, 0.3) is 0 Å². The molecule has 6 heteroatoms. The van der Waals surface area contributed by atoms with Crippen LogP contribution in [0.2, 0.25) is 0 Å². The largest absolute Gasteiger partial charge is 0.393 e. The van der Waals surface area contributed by atoms with E-state index in [4.69, 9.17) is 4.99 Å². The van der Waals surface area contributed by atoms with E-state index in [0.29, 0.717) is 0 Å². The van der Waals surface area contributed by atoms with Crippen LogP contribution in [0.3, 0.4) is 0 Å². The van der Waals surface area contributed by atoms with Crippen LogP contribution in [-0.4, -0.2) is 61.3 Å². The van der Waals surface area contributed by atoms with Crippen LogP contribution in [0.15, 0.2) is 4.99 Å². The van der Waals surface area contributed by atoms with Crippen LogP contribution in [0.4, 0.5) is 0 Å². The molecular formula is C20H41IN4O. The lowest BCUT2D eigenvalue weighted by Crippen LogP contribution is -2.39. The molecule has 0 spiro atoms. The predicted octanol–water partition coefficient (Wildman–Crippen LogP) is 3.22. The van der Waals surface area contributed by atoms with Crippen LogP contribution in [-0.2, 0) is 0 Å². The van der Waals surface area contributed by atoms with E-state index in [1.807, 2.05) is 0 Å². The van der Waals surface area contributed by atoms with Crippen molar-refractivity contribution in [1.82, 2.24) is 15.5 Å². The van der Waals surface area contributed by atoms with Crippen molar-refractivity contribution in [1.29, 1.82) is 0 Å². The van der Waals surface area contributed by atoms with Gasteiger partial charge in [0, 0.05) is 32.7 Å². The van der Waals surface area contributed by atoms with Gasteiger partial charge in [0.25, 0.3) is 0 Å². The van der Waals surface area contributed by atoms with E-state index in [0.717, 1.165) is 76.3 Å². The summed E-state index contributed by atoms with van der Waals surface area (Å²) in [5.74, 6) is 2.78. The molecular weight excluding hydrogens is 439 g/mol. The highest BCUT2D eigenvalue weighted by atomic mass is 127. The van der Waals surface area contributed by atoms with E-state index in [1.165, 1.54) is 32.1 Å². The first-order chi connectivity index (χ1) is 12.2. The summed E-state index contributed by atoms with van der Waals surface area (Å²) in [6, 6.07) is 0. The predicted molar refractivity (Wildman–Crippen MR) is 121 cm³/mol. The van der Waals surface area contributed by atoms with E-state index in [9.17, 15) is 5.11 Å². The Morgan fingerprint density at radius 2 is 1.92 bits per heavy atom. The Hall–Kier alpha value is -0.0800. The van der Waals surface area contributed by atoms with Gasteiger partial charge >= 0.3 is 0 Å². The molecule has 2 aliphatic rings. The summed E-state index contributed by atoms with van der Waals surface area (Å²) in [6.45, 7) is 10.5. The van der Waals surface area contributed by atoms with Crippen LogP contribution in [0.5, 0.6) is 0 Å². The van der Waals surface area contributed by atoms with Crippen molar-refractivity contribution in [2.24, 2.45) is 16.8 Å². The molecule has 26 heavy (non-hydrogen) atoms. The number of guanidine groups is 1. The molecule has 2 fully saturated rings. The van der Waals surface area contributed by atoms with E-state index < -0.39 is 0 Å². The highest BCUT2D eigenvalue weighted by Crippen LogP contribution is 2.30. The van der Waals surface area contributed by atoms with Gasteiger partial charge in [-0.2, -0.15) is 0 Å². The van der Waals surface area contributed by atoms with Crippen molar-refractivity contribution in [2.45, 2.75) is 71.3 Å². The van der Waals surface area contributed by atoms with Gasteiger partial charge in [-0.25, -0.2) is 0 Å². The quantitative estimate of drug-likeness (QED) is 0.216. The zero-order chi connectivity index (χ0) is 17.9. The maximum absolute atomic E-state index is 9.56. The normalized spacial score (nSPS) is 25.6. The fourth-order valence-electron chi connectivity index (χ4n) is 4.19. The van der Waals surface area contributed by atoms with Crippen molar-refractivity contribution >= 4 is 29.9 Å². The summed E-state index contributed by atoms with van der Waals surface area (Å²) in [5.41, 5.74) is 0. The Labute approximate surface area is 177 Å². The second-order valence-electron chi connectivity index (χ2n) is 8.04. The first-order valence-electron chi connectivity index (χ1n) is 10.6. The lowest BCUT2D eigenvalue weighted by atomic mass is 9.81. The Morgan fingerprint density at radius 3 is 2.62 bits per heavy atom. The van der Waals surface area contributed by atoms with Crippen LogP contribution < -0.4 is 10.6 Å². The number of aliphatic hydroxyl groups is 1. The first-order valence-corrected chi connectivity index (χ1v) is 10.6. The summed E-state index contributed by atoms with van der Waals surface area (Å²) >= 11 is 0. The summed E-state index contributed by atoms with van der Waals surface area (Å²) < 4.78 is 0. The summed E-state index contributed by atoms with van der Waals surface area (Å²) in [6.07, 6.45) is 9.77. The molecule has 5 nitrogen and oxygen atoms in total. The molecule has 0 aromatic carbocycles. The van der Waals surface area contributed by atoms with E-state index in [2.05, 4.69) is 29.4 Å². The number of likely N-dealkylation sites (tertiary alicyclic amines) is 1. The zero-order valence-corrected chi connectivity index (χ0v) is 19.2. The minimum absolute atomic E-state index is 0. The summed E-state index contributed by atoms with van der Waals surface area (Å²) in [4.78, 5) is 7.18. The second-order valence-corrected chi connectivity index (χ2v) is 8.04. The first kappa shape index (κ1) is 24.0. The van der Waals surface area contributed by atoms with Crippen molar-refractivity contribution in [2.75, 3.05) is 39.3 Å². The topological polar surface area (TPSA) is 59.9 Å². The van der Waals surface area contributed by atoms with E-state index in [-0.39, 0.29) is 30.1 Å². The molecule has 2 unspecified atom stereocenters. The third-order valence-corrected chi connectivity index (χ3v) is 5.69. The van der Waals surface area contributed by atoms with Crippen LogP contribution in [0, 0.1) is 11.8 Å². The number of hydrogen-bond donors (Lipinski definition) is 3. The maximum Gasteiger partial charge on any atom is 0.191 e. The standard InChI is InChI=1S/C20H40N4O.HI/c1-3-21-20(23-12-8-18-7-4-6-17(2)16-18)22-11-5-13-24-14-9-19(25)10-15-24;/h17-19,25H,3-16H2,1-2H3,(H2,21,22,23);1H. The molecule has 0 radical (unpaired) electrons. The van der Waals surface area contributed by atoms with E-state index in [1.54, 1.807) is 0 Å². The van der Waals surface area contributed by atoms with Gasteiger partial charge in [0.1, 0.15) is 0 Å². The summed E-state index contributed by atoms with van der Waals surface area (Å²) in [5, 5.41) is 16.4. The molecule has 0 amide bonds. The lowest BCUT2D eigenvalue weighted by Gasteiger charge is -2.29. The number of halogens is 1. The van der Waals surface area contributed by atoms with Gasteiger partial charge in [0.2, 0.25) is 0 Å².